The molecule has 0 radical (unpaired) electrons. The minimum atomic E-state index is -0.317. The molecule has 4 nitrogen and oxygen atoms in total. The van der Waals surface area contributed by atoms with Crippen molar-refractivity contribution in [1.29, 1.82) is 0 Å². The van der Waals surface area contributed by atoms with Crippen molar-refractivity contribution in [2.45, 2.75) is 0 Å². The SMILES string of the molecule is COc1[nH]c[c-]c(=O)c1OC.[Li+]. The molecular weight excluding hydrogens is 153 g/mol. The van der Waals surface area contributed by atoms with Crippen molar-refractivity contribution >= 4 is 0 Å². The van der Waals surface area contributed by atoms with Crippen LogP contribution in [-0.4, -0.2) is 19.2 Å². The van der Waals surface area contributed by atoms with Crippen LogP contribution >= 0.6 is 0 Å². The van der Waals surface area contributed by atoms with Gasteiger partial charge in [0.05, 0.1) is 25.4 Å². The van der Waals surface area contributed by atoms with E-state index in [1.54, 1.807) is 0 Å². The quantitative estimate of drug-likeness (QED) is 0.376. The van der Waals surface area contributed by atoms with Crippen LogP contribution in [0.25, 0.3) is 0 Å². The van der Waals surface area contributed by atoms with Gasteiger partial charge in [-0.1, -0.05) is 6.20 Å². The van der Waals surface area contributed by atoms with Gasteiger partial charge >= 0.3 is 18.9 Å². The van der Waals surface area contributed by atoms with Crippen LogP contribution in [0.3, 0.4) is 0 Å². The smallest absolute Gasteiger partial charge is 0.573 e. The summed E-state index contributed by atoms with van der Waals surface area (Å²) in [5.41, 5.74) is -0.317. The Morgan fingerprint density at radius 2 is 2.08 bits per heavy atom. The molecule has 1 aromatic rings. The number of ether oxygens (including phenoxy) is 2. The summed E-state index contributed by atoms with van der Waals surface area (Å²) < 4.78 is 9.58. The predicted octanol–water partition coefficient (Wildman–Crippen LogP) is -2.80. The van der Waals surface area contributed by atoms with Gasteiger partial charge in [0.15, 0.2) is 0 Å². The standard InChI is InChI=1S/C7H8NO3.Li/c1-10-6-5(9)3-4-8-7(6)11-2;/h4H,1-2H3,(H,8,9);/q-1;+1. The second kappa shape index (κ2) is 4.91. The van der Waals surface area contributed by atoms with Crippen molar-refractivity contribution in [2.75, 3.05) is 14.2 Å². The van der Waals surface area contributed by atoms with Crippen molar-refractivity contribution in [1.82, 2.24) is 4.98 Å². The third-order valence-electron chi connectivity index (χ3n) is 1.23. The van der Waals surface area contributed by atoms with E-state index in [-0.39, 0.29) is 30.0 Å². The van der Waals surface area contributed by atoms with E-state index < -0.39 is 0 Å². The van der Waals surface area contributed by atoms with E-state index in [1.807, 2.05) is 0 Å². The maximum atomic E-state index is 10.9. The fraction of sp³-hybridized carbons (Fsp3) is 0.286. The van der Waals surface area contributed by atoms with Crippen LogP contribution in [0.2, 0.25) is 0 Å². The van der Waals surface area contributed by atoms with Gasteiger partial charge in [0, 0.05) is 0 Å². The van der Waals surface area contributed by atoms with E-state index in [9.17, 15) is 4.79 Å². The van der Waals surface area contributed by atoms with Gasteiger partial charge in [0.25, 0.3) is 0 Å². The third kappa shape index (κ3) is 2.07. The Balaban J connectivity index is 0.00000121. The summed E-state index contributed by atoms with van der Waals surface area (Å²) in [7, 11) is 2.86. The molecule has 1 N–H and O–H groups in total. The van der Waals surface area contributed by atoms with E-state index in [4.69, 9.17) is 9.47 Å². The summed E-state index contributed by atoms with van der Waals surface area (Å²) in [6, 6.07) is 2.41. The van der Waals surface area contributed by atoms with Gasteiger partial charge in [-0.15, -0.1) is 0 Å². The van der Waals surface area contributed by atoms with Crippen LogP contribution < -0.4 is 33.8 Å². The first-order chi connectivity index (χ1) is 5.29. The van der Waals surface area contributed by atoms with Gasteiger partial charge in [-0.2, -0.15) is 6.07 Å². The molecule has 0 aliphatic carbocycles. The first kappa shape index (κ1) is 11.1. The normalized spacial score (nSPS) is 8.50. The average molecular weight is 161 g/mol. The number of hydrogen-bond donors (Lipinski definition) is 1. The molecule has 0 saturated carbocycles. The molecule has 5 heteroatoms. The van der Waals surface area contributed by atoms with Gasteiger partial charge in [0.1, 0.15) is 5.88 Å². The molecule has 1 heterocycles. The number of aromatic amines is 1. The predicted molar refractivity (Wildman–Crippen MR) is 39.0 cm³/mol. The molecule has 0 saturated heterocycles. The van der Waals surface area contributed by atoms with Crippen molar-refractivity contribution in [3.05, 3.63) is 22.5 Å². The van der Waals surface area contributed by atoms with Crippen molar-refractivity contribution in [3.63, 3.8) is 0 Å². The second-order valence-corrected chi connectivity index (χ2v) is 1.83. The van der Waals surface area contributed by atoms with Crippen LogP contribution in [0, 0.1) is 6.07 Å². The molecular formula is C7H8LiNO3. The topological polar surface area (TPSA) is 51.3 Å². The minimum absolute atomic E-state index is 0. The summed E-state index contributed by atoms with van der Waals surface area (Å²) in [5, 5.41) is 0. The van der Waals surface area contributed by atoms with Crippen LogP contribution in [0.5, 0.6) is 11.6 Å². The Morgan fingerprint density at radius 1 is 1.42 bits per heavy atom. The molecule has 0 bridgehead atoms. The summed E-state index contributed by atoms with van der Waals surface area (Å²) in [4.78, 5) is 13.6. The zero-order chi connectivity index (χ0) is 8.27. The largest absolute Gasteiger partial charge is 1.00 e. The number of H-pyrrole nitrogens is 1. The van der Waals surface area contributed by atoms with Crippen molar-refractivity contribution < 1.29 is 28.3 Å². The Labute approximate surface area is 82.1 Å². The molecule has 0 unspecified atom stereocenters. The van der Waals surface area contributed by atoms with Crippen LogP contribution in [-0.2, 0) is 0 Å². The summed E-state index contributed by atoms with van der Waals surface area (Å²) in [6.45, 7) is 0. The van der Waals surface area contributed by atoms with Crippen LogP contribution in [0.1, 0.15) is 0 Å². The number of nitrogens with one attached hydrogen (secondary N) is 1. The first-order valence-corrected chi connectivity index (χ1v) is 3.01. The minimum Gasteiger partial charge on any atom is -0.573 e. The molecule has 1 rings (SSSR count). The maximum absolute atomic E-state index is 10.9. The molecule has 0 aromatic carbocycles. The third-order valence-corrected chi connectivity index (χ3v) is 1.23. The molecule has 0 aliphatic rings. The molecule has 0 fully saturated rings. The number of rotatable bonds is 2. The molecule has 0 atom stereocenters. The average Bonchev–Trinajstić information content (AvgIpc) is 2.04. The molecule has 12 heavy (non-hydrogen) atoms. The molecule has 0 spiro atoms. The van der Waals surface area contributed by atoms with Gasteiger partial charge in [0.2, 0.25) is 0 Å². The Hall–Kier alpha value is -0.853. The van der Waals surface area contributed by atoms with E-state index in [1.165, 1.54) is 20.4 Å². The molecule has 0 aliphatic heterocycles. The number of methoxy groups -OCH3 is 2. The van der Waals surface area contributed by atoms with Crippen molar-refractivity contribution in [3.8, 4) is 11.6 Å². The van der Waals surface area contributed by atoms with Crippen LogP contribution in [0.15, 0.2) is 11.0 Å². The van der Waals surface area contributed by atoms with Gasteiger partial charge < -0.3 is 19.3 Å². The molecule has 60 valence electrons. The monoisotopic (exact) mass is 161 g/mol. The Morgan fingerprint density at radius 3 is 2.50 bits per heavy atom. The number of pyridine rings is 1. The zero-order valence-corrected chi connectivity index (χ0v) is 7.30. The van der Waals surface area contributed by atoms with Gasteiger partial charge in [-0.3, -0.25) is 0 Å². The van der Waals surface area contributed by atoms with Crippen LogP contribution in [0.4, 0.5) is 0 Å². The fourth-order valence-electron chi connectivity index (χ4n) is 0.738. The maximum Gasteiger partial charge on any atom is 1.00 e. The zero-order valence-electron chi connectivity index (χ0n) is 7.30. The van der Waals surface area contributed by atoms with Crippen molar-refractivity contribution in [2.24, 2.45) is 0 Å². The molecule has 0 amide bonds. The summed E-state index contributed by atoms with van der Waals surface area (Å²) >= 11 is 0. The summed E-state index contributed by atoms with van der Waals surface area (Å²) in [5.74, 6) is 0.464. The summed E-state index contributed by atoms with van der Waals surface area (Å²) in [6.07, 6.45) is 1.38. The first-order valence-electron chi connectivity index (χ1n) is 3.01. The number of hydrogen-bond acceptors (Lipinski definition) is 3. The van der Waals surface area contributed by atoms with Gasteiger partial charge in [-0.05, 0) is 0 Å². The second-order valence-electron chi connectivity index (χ2n) is 1.83. The van der Waals surface area contributed by atoms with E-state index >= 15 is 0 Å². The number of aromatic nitrogens is 1. The van der Waals surface area contributed by atoms with E-state index in [2.05, 4.69) is 11.1 Å². The molecule has 1 aromatic heterocycles. The Kier molecular flexibility index (Phi) is 4.56. The van der Waals surface area contributed by atoms with Gasteiger partial charge in [-0.25, -0.2) is 0 Å². The van der Waals surface area contributed by atoms with E-state index in [0.717, 1.165) is 0 Å². The fourth-order valence-corrected chi connectivity index (χ4v) is 0.738. The van der Waals surface area contributed by atoms with E-state index in [0.29, 0.717) is 5.88 Å². The Bertz CT molecular complexity index is 297.